The van der Waals surface area contributed by atoms with Crippen LogP contribution in [0.1, 0.15) is 27.7 Å². The molecule has 0 saturated heterocycles. The van der Waals surface area contributed by atoms with E-state index >= 15 is 0 Å². The first-order valence-electron chi connectivity index (χ1n) is 7.16. The van der Waals surface area contributed by atoms with Crippen molar-refractivity contribution < 1.29 is 21.1 Å². The second-order valence-corrected chi connectivity index (χ2v) is 10.7. The van der Waals surface area contributed by atoms with Crippen LogP contribution in [-0.2, 0) is 21.1 Å². The van der Waals surface area contributed by atoms with Gasteiger partial charge in [0.05, 0.1) is 35.3 Å². The minimum absolute atomic E-state index is 0. The summed E-state index contributed by atoms with van der Waals surface area (Å²) in [7, 11) is -0.947. The van der Waals surface area contributed by atoms with Crippen LogP contribution in [0, 0.1) is 0 Å². The van der Waals surface area contributed by atoms with Crippen molar-refractivity contribution in [2.45, 2.75) is 38.8 Å². The Bertz CT molecular complexity index is 655. The van der Waals surface area contributed by atoms with E-state index in [2.05, 4.69) is 37.7 Å². The molecule has 0 fully saturated rings. The Hall–Kier alpha value is 0.0752. The number of nitrogens with zero attached hydrogens (tertiary/aromatic N) is 2. The minimum atomic E-state index is -0.947. The monoisotopic (exact) mass is 566 g/mol. The van der Waals surface area contributed by atoms with Crippen LogP contribution in [0.3, 0.4) is 0 Å². The number of hydrogen-bond donors (Lipinski definition) is 0. The van der Waals surface area contributed by atoms with Crippen molar-refractivity contribution in [3.8, 4) is 11.4 Å². The van der Waals surface area contributed by atoms with Gasteiger partial charge in [-0.05, 0) is 28.4 Å². The van der Waals surface area contributed by atoms with Gasteiger partial charge in [-0.25, -0.2) is 0 Å². The molecule has 2 rings (SSSR count). The summed E-state index contributed by atoms with van der Waals surface area (Å²) in [5.74, 6) is 0. The standard InChI is InChI=1S/C16H18Cl3N2Si.Pt/c1-9(2)22(10(3)4)16-14(19)12(18)8-21-15(16)13-6-5-11(17)7-20-13;/h5-10H,1-4H3;. The SMILES string of the molecule is CC(C)[Si](c1c(-c2ccc(Cl)cn2)ncc(Cl)c1Cl)C(C)C.[Pt]. The molecular weight excluding hydrogens is 550 g/mol. The third kappa shape index (κ3) is 4.79. The van der Waals surface area contributed by atoms with Crippen molar-refractivity contribution in [2.24, 2.45) is 0 Å². The normalized spacial score (nSPS) is 11.2. The van der Waals surface area contributed by atoms with Crippen LogP contribution in [0.2, 0.25) is 26.2 Å². The Morgan fingerprint density at radius 1 is 0.913 bits per heavy atom. The summed E-state index contributed by atoms with van der Waals surface area (Å²) >= 11 is 18.7. The van der Waals surface area contributed by atoms with Gasteiger partial charge in [0.1, 0.15) is 0 Å². The number of aromatic nitrogens is 2. The quantitative estimate of drug-likeness (QED) is 0.448. The summed E-state index contributed by atoms with van der Waals surface area (Å²) in [6.45, 7) is 8.91. The van der Waals surface area contributed by atoms with Gasteiger partial charge in [0.15, 0.2) is 0 Å². The number of halogens is 3. The largest absolute Gasteiger partial charge is 0.253 e. The molecule has 0 atom stereocenters. The van der Waals surface area contributed by atoms with Gasteiger partial charge < -0.3 is 0 Å². The van der Waals surface area contributed by atoms with Crippen molar-refractivity contribution in [2.75, 3.05) is 0 Å². The summed E-state index contributed by atoms with van der Waals surface area (Å²) in [4.78, 5) is 8.93. The average molecular weight is 568 g/mol. The van der Waals surface area contributed by atoms with Crippen LogP contribution in [0.4, 0.5) is 0 Å². The molecule has 127 valence electrons. The maximum Gasteiger partial charge on any atom is 0.0961 e. The molecule has 0 aliphatic heterocycles. The first-order valence-corrected chi connectivity index (χ1v) is 9.94. The zero-order chi connectivity index (χ0) is 16.4. The third-order valence-electron chi connectivity index (χ3n) is 3.48. The van der Waals surface area contributed by atoms with E-state index in [-0.39, 0.29) is 21.1 Å². The van der Waals surface area contributed by atoms with Gasteiger partial charge in [-0.3, -0.25) is 9.97 Å². The second-order valence-electron chi connectivity index (χ2n) is 5.77. The number of rotatable bonds is 4. The van der Waals surface area contributed by atoms with Gasteiger partial charge in [-0.15, -0.1) is 0 Å². The molecule has 0 unspecified atom stereocenters. The Balaban J connectivity index is 0.00000264. The molecule has 0 aromatic carbocycles. The molecule has 2 heterocycles. The molecule has 0 amide bonds. The fourth-order valence-corrected chi connectivity index (χ4v) is 6.83. The Kier molecular flexibility index (Phi) is 8.23. The van der Waals surface area contributed by atoms with Crippen molar-refractivity contribution in [1.29, 1.82) is 0 Å². The van der Waals surface area contributed by atoms with Crippen molar-refractivity contribution in [3.05, 3.63) is 39.6 Å². The zero-order valence-electron chi connectivity index (χ0n) is 13.3. The van der Waals surface area contributed by atoms with E-state index in [0.29, 0.717) is 26.2 Å². The first kappa shape index (κ1) is 21.1. The predicted octanol–water partition coefficient (Wildman–Crippen LogP) is 5.62. The van der Waals surface area contributed by atoms with Gasteiger partial charge in [0.25, 0.3) is 0 Å². The van der Waals surface area contributed by atoms with Gasteiger partial charge >= 0.3 is 0 Å². The van der Waals surface area contributed by atoms with E-state index in [1.54, 1.807) is 12.4 Å². The van der Waals surface area contributed by atoms with Gasteiger partial charge in [0.2, 0.25) is 0 Å². The molecule has 0 aliphatic carbocycles. The number of pyridine rings is 2. The molecule has 2 aromatic rings. The molecule has 1 radical (unpaired) electrons. The van der Waals surface area contributed by atoms with Gasteiger partial charge in [-0.2, -0.15) is 0 Å². The molecule has 0 N–H and O–H groups in total. The van der Waals surface area contributed by atoms with Crippen LogP contribution in [0.5, 0.6) is 0 Å². The summed E-state index contributed by atoms with van der Waals surface area (Å²) in [6.07, 6.45) is 3.22. The predicted molar refractivity (Wildman–Crippen MR) is 98.1 cm³/mol. The van der Waals surface area contributed by atoms with Crippen molar-refractivity contribution in [3.63, 3.8) is 0 Å². The number of hydrogen-bond acceptors (Lipinski definition) is 2. The summed E-state index contributed by atoms with van der Waals surface area (Å²) < 4.78 is 0. The van der Waals surface area contributed by atoms with Crippen LogP contribution < -0.4 is 5.19 Å². The summed E-state index contributed by atoms with van der Waals surface area (Å²) in [6, 6.07) is 3.69. The summed E-state index contributed by atoms with van der Waals surface area (Å²) in [5, 5.41) is 2.78. The molecule has 0 bridgehead atoms. The fourth-order valence-electron chi connectivity index (χ4n) is 2.68. The molecular formula is C16H18Cl3N2PtSi. The fraction of sp³-hybridized carbons (Fsp3) is 0.375. The average Bonchev–Trinajstić information content (AvgIpc) is 2.44. The van der Waals surface area contributed by atoms with Crippen LogP contribution in [0.15, 0.2) is 24.5 Å². The van der Waals surface area contributed by atoms with E-state index in [4.69, 9.17) is 34.8 Å². The Morgan fingerprint density at radius 2 is 1.52 bits per heavy atom. The molecule has 23 heavy (non-hydrogen) atoms. The van der Waals surface area contributed by atoms with Crippen LogP contribution in [0.25, 0.3) is 11.4 Å². The molecule has 0 spiro atoms. The minimum Gasteiger partial charge on any atom is -0.253 e. The Labute approximate surface area is 168 Å². The summed E-state index contributed by atoms with van der Waals surface area (Å²) in [5.41, 5.74) is 2.62. The van der Waals surface area contributed by atoms with Crippen molar-refractivity contribution in [1.82, 2.24) is 9.97 Å². The third-order valence-corrected chi connectivity index (χ3v) is 8.19. The van der Waals surface area contributed by atoms with E-state index in [9.17, 15) is 0 Å². The van der Waals surface area contributed by atoms with Gasteiger partial charge in [0, 0.05) is 33.5 Å². The van der Waals surface area contributed by atoms with E-state index in [1.165, 1.54) is 0 Å². The van der Waals surface area contributed by atoms with E-state index < -0.39 is 8.80 Å². The first-order chi connectivity index (χ1) is 10.3. The molecule has 0 saturated carbocycles. The molecule has 2 aromatic heterocycles. The second kappa shape index (κ2) is 8.96. The molecule has 0 aliphatic rings. The van der Waals surface area contributed by atoms with Crippen molar-refractivity contribution >= 4 is 48.8 Å². The zero-order valence-corrected chi connectivity index (χ0v) is 18.8. The maximum absolute atomic E-state index is 6.56. The van der Waals surface area contributed by atoms with E-state index in [0.717, 1.165) is 16.6 Å². The molecule has 7 heteroatoms. The smallest absolute Gasteiger partial charge is 0.0961 e. The van der Waals surface area contributed by atoms with Gasteiger partial charge in [-0.1, -0.05) is 62.5 Å². The maximum atomic E-state index is 6.56. The van der Waals surface area contributed by atoms with E-state index in [1.807, 2.05) is 12.1 Å². The Morgan fingerprint density at radius 3 is 2.00 bits per heavy atom. The topological polar surface area (TPSA) is 25.8 Å². The van der Waals surface area contributed by atoms with Crippen LogP contribution >= 0.6 is 34.8 Å². The van der Waals surface area contributed by atoms with Crippen LogP contribution in [-0.4, -0.2) is 18.8 Å². The molecule has 2 nitrogen and oxygen atoms in total.